The maximum Gasteiger partial charge on any atom is 0.338 e. The molecule has 0 amide bonds. The second-order valence-corrected chi connectivity index (χ2v) is 3.86. The molecular weight excluding hydrogens is 232 g/mol. The Morgan fingerprint density at radius 1 is 1.11 bits per heavy atom. The van der Waals surface area contributed by atoms with Crippen molar-refractivity contribution in [1.82, 2.24) is 0 Å². The summed E-state index contributed by atoms with van der Waals surface area (Å²) in [5.74, 6) is -0.745. The van der Waals surface area contributed by atoms with Crippen LogP contribution >= 0.6 is 0 Å². The van der Waals surface area contributed by atoms with Crippen molar-refractivity contribution in [2.24, 2.45) is 0 Å². The maximum absolute atomic E-state index is 11.7. The summed E-state index contributed by atoms with van der Waals surface area (Å²) in [5.41, 5.74) is 2.06. The molecule has 0 atom stereocenters. The minimum atomic E-state index is -0.406. The number of ether oxygens (including phenoxy) is 2. The van der Waals surface area contributed by atoms with E-state index in [1.54, 1.807) is 19.9 Å². The van der Waals surface area contributed by atoms with Crippen LogP contribution in [0, 0.1) is 6.92 Å². The lowest BCUT2D eigenvalue weighted by molar-refractivity contribution is -0.142. The zero-order valence-electron chi connectivity index (χ0n) is 11.0. The molecule has 0 unspecified atom stereocenters. The number of carbonyl (C=O) groups is 2. The van der Waals surface area contributed by atoms with Crippen LogP contribution in [-0.4, -0.2) is 25.2 Å². The monoisotopic (exact) mass is 250 g/mol. The average Bonchev–Trinajstić information content (AvgIpc) is 2.29. The van der Waals surface area contributed by atoms with Gasteiger partial charge in [-0.3, -0.25) is 4.79 Å². The van der Waals surface area contributed by atoms with Crippen molar-refractivity contribution in [3.05, 3.63) is 34.9 Å². The van der Waals surface area contributed by atoms with E-state index in [1.165, 1.54) is 0 Å². The molecule has 0 N–H and O–H groups in total. The standard InChI is InChI=1S/C14H18O4/c1-4-17-13(15)9-11-8-10(3)6-7-12(11)14(16)18-5-2/h6-8H,4-5,9H2,1-3H3. The minimum absolute atomic E-state index is 0.0870. The highest BCUT2D eigenvalue weighted by Gasteiger charge is 2.15. The SMILES string of the molecule is CCOC(=O)Cc1cc(C)ccc1C(=O)OCC. The van der Waals surface area contributed by atoms with E-state index in [-0.39, 0.29) is 12.4 Å². The molecule has 0 radical (unpaired) electrons. The molecule has 0 aromatic heterocycles. The minimum Gasteiger partial charge on any atom is -0.466 e. The van der Waals surface area contributed by atoms with Gasteiger partial charge >= 0.3 is 11.9 Å². The summed E-state index contributed by atoms with van der Waals surface area (Å²) in [6.07, 6.45) is 0.0870. The highest BCUT2D eigenvalue weighted by Crippen LogP contribution is 2.14. The van der Waals surface area contributed by atoms with E-state index in [4.69, 9.17) is 9.47 Å². The number of hydrogen-bond donors (Lipinski definition) is 0. The predicted molar refractivity (Wildman–Crippen MR) is 67.5 cm³/mol. The van der Waals surface area contributed by atoms with Gasteiger partial charge in [-0.25, -0.2) is 4.79 Å². The summed E-state index contributed by atoms with van der Waals surface area (Å²) >= 11 is 0. The van der Waals surface area contributed by atoms with E-state index >= 15 is 0 Å². The van der Waals surface area contributed by atoms with Crippen molar-refractivity contribution in [3.63, 3.8) is 0 Å². The van der Waals surface area contributed by atoms with Crippen molar-refractivity contribution in [3.8, 4) is 0 Å². The highest BCUT2D eigenvalue weighted by atomic mass is 16.5. The lowest BCUT2D eigenvalue weighted by Gasteiger charge is -2.09. The molecule has 0 aliphatic rings. The molecule has 0 aliphatic carbocycles. The van der Waals surface area contributed by atoms with Crippen molar-refractivity contribution in [2.75, 3.05) is 13.2 Å². The van der Waals surface area contributed by atoms with Crippen molar-refractivity contribution < 1.29 is 19.1 Å². The summed E-state index contributed by atoms with van der Waals surface area (Å²) in [7, 11) is 0. The smallest absolute Gasteiger partial charge is 0.338 e. The quantitative estimate of drug-likeness (QED) is 0.752. The Hall–Kier alpha value is -1.84. The van der Waals surface area contributed by atoms with Crippen LogP contribution in [0.25, 0.3) is 0 Å². The normalized spacial score (nSPS) is 9.94. The molecule has 1 aromatic carbocycles. The fourth-order valence-electron chi connectivity index (χ4n) is 1.64. The summed E-state index contributed by atoms with van der Waals surface area (Å²) in [6, 6.07) is 5.31. The highest BCUT2D eigenvalue weighted by molar-refractivity contribution is 5.92. The number of rotatable bonds is 5. The van der Waals surface area contributed by atoms with Crippen LogP contribution in [0.4, 0.5) is 0 Å². The number of hydrogen-bond acceptors (Lipinski definition) is 4. The van der Waals surface area contributed by atoms with E-state index in [2.05, 4.69) is 0 Å². The third-order valence-corrected chi connectivity index (χ3v) is 2.40. The Morgan fingerprint density at radius 3 is 2.39 bits per heavy atom. The molecule has 4 nitrogen and oxygen atoms in total. The Balaban J connectivity index is 2.96. The van der Waals surface area contributed by atoms with Crippen LogP contribution in [-0.2, 0) is 20.7 Å². The topological polar surface area (TPSA) is 52.6 Å². The lowest BCUT2D eigenvalue weighted by atomic mass is 10.0. The molecule has 1 rings (SSSR count). The van der Waals surface area contributed by atoms with Crippen LogP contribution < -0.4 is 0 Å². The van der Waals surface area contributed by atoms with Gasteiger partial charge in [-0.05, 0) is 32.4 Å². The van der Waals surface area contributed by atoms with Gasteiger partial charge in [0.15, 0.2) is 0 Å². The van der Waals surface area contributed by atoms with Gasteiger partial charge in [0.2, 0.25) is 0 Å². The summed E-state index contributed by atoms with van der Waals surface area (Å²) in [4.78, 5) is 23.2. The Kier molecular flexibility index (Phi) is 5.36. The molecule has 4 heteroatoms. The first-order valence-electron chi connectivity index (χ1n) is 6.00. The molecule has 0 heterocycles. The van der Waals surface area contributed by atoms with E-state index in [1.807, 2.05) is 19.1 Å². The van der Waals surface area contributed by atoms with E-state index in [0.717, 1.165) is 5.56 Å². The molecule has 0 aliphatic heterocycles. The van der Waals surface area contributed by atoms with Crippen LogP contribution in [0.1, 0.15) is 35.3 Å². The first-order chi connectivity index (χ1) is 8.58. The molecule has 0 spiro atoms. The van der Waals surface area contributed by atoms with Gasteiger partial charge in [-0.1, -0.05) is 17.7 Å². The number of aryl methyl sites for hydroxylation is 1. The molecule has 0 bridgehead atoms. The fraction of sp³-hybridized carbons (Fsp3) is 0.429. The van der Waals surface area contributed by atoms with Gasteiger partial charge < -0.3 is 9.47 Å². The third-order valence-electron chi connectivity index (χ3n) is 2.40. The Bertz CT molecular complexity index is 437. The molecular formula is C14H18O4. The number of carbonyl (C=O) groups excluding carboxylic acids is 2. The maximum atomic E-state index is 11.7. The van der Waals surface area contributed by atoms with Crippen LogP contribution in [0.15, 0.2) is 18.2 Å². The van der Waals surface area contributed by atoms with Gasteiger partial charge in [0.25, 0.3) is 0 Å². The first-order valence-corrected chi connectivity index (χ1v) is 6.00. The molecule has 0 saturated heterocycles. The van der Waals surface area contributed by atoms with Gasteiger partial charge in [0, 0.05) is 0 Å². The van der Waals surface area contributed by atoms with Crippen LogP contribution in [0.5, 0.6) is 0 Å². The third kappa shape index (κ3) is 3.87. The van der Waals surface area contributed by atoms with Crippen molar-refractivity contribution >= 4 is 11.9 Å². The van der Waals surface area contributed by atoms with E-state index in [0.29, 0.717) is 24.3 Å². The second kappa shape index (κ2) is 6.79. The summed E-state index contributed by atoms with van der Waals surface area (Å²) in [6.45, 7) is 6.05. The van der Waals surface area contributed by atoms with Gasteiger partial charge in [0.05, 0.1) is 25.2 Å². The largest absolute Gasteiger partial charge is 0.466 e. The number of benzene rings is 1. The molecule has 98 valence electrons. The van der Waals surface area contributed by atoms with Gasteiger partial charge in [0.1, 0.15) is 0 Å². The van der Waals surface area contributed by atoms with E-state index < -0.39 is 5.97 Å². The van der Waals surface area contributed by atoms with Gasteiger partial charge in [-0.15, -0.1) is 0 Å². The predicted octanol–water partition coefficient (Wildman–Crippen LogP) is 2.28. The molecule has 0 saturated carbocycles. The first kappa shape index (κ1) is 14.2. The van der Waals surface area contributed by atoms with Crippen LogP contribution in [0.2, 0.25) is 0 Å². The van der Waals surface area contributed by atoms with Gasteiger partial charge in [-0.2, -0.15) is 0 Å². The zero-order valence-corrected chi connectivity index (χ0v) is 11.0. The van der Waals surface area contributed by atoms with Crippen LogP contribution in [0.3, 0.4) is 0 Å². The second-order valence-electron chi connectivity index (χ2n) is 3.86. The average molecular weight is 250 g/mol. The molecule has 0 fully saturated rings. The Labute approximate surface area is 107 Å². The number of esters is 2. The lowest BCUT2D eigenvalue weighted by Crippen LogP contribution is -2.13. The van der Waals surface area contributed by atoms with E-state index in [9.17, 15) is 9.59 Å². The molecule has 18 heavy (non-hydrogen) atoms. The van der Waals surface area contributed by atoms with Crippen molar-refractivity contribution in [1.29, 1.82) is 0 Å². The van der Waals surface area contributed by atoms with Crippen molar-refractivity contribution in [2.45, 2.75) is 27.2 Å². The summed E-state index contributed by atoms with van der Waals surface area (Å²) < 4.78 is 9.85. The summed E-state index contributed by atoms with van der Waals surface area (Å²) in [5, 5.41) is 0. The fourth-order valence-corrected chi connectivity index (χ4v) is 1.64. The zero-order chi connectivity index (χ0) is 13.5. The molecule has 1 aromatic rings. The Morgan fingerprint density at radius 2 is 1.78 bits per heavy atom.